The minimum atomic E-state index is -3.99. The van der Waals surface area contributed by atoms with Crippen molar-refractivity contribution in [1.82, 2.24) is 14.2 Å². The van der Waals surface area contributed by atoms with Crippen molar-refractivity contribution in [2.75, 3.05) is 13.1 Å². The maximum Gasteiger partial charge on any atom is 0.243 e. The van der Waals surface area contributed by atoms with E-state index < -0.39 is 21.9 Å². The van der Waals surface area contributed by atoms with Crippen LogP contribution in [0.5, 0.6) is 0 Å². The fourth-order valence-corrected chi connectivity index (χ4v) is 5.80. The zero-order valence-corrected chi connectivity index (χ0v) is 21.2. The molecule has 0 saturated carbocycles. The molecule has 1 aromatic heterocycles. The van der Waals surface area contributed by atoms with Crippen LogP contribution in [0.2, 0.25) is 0 Å². The SMILES string of the molecule is CC(C)N(CC(=O)N(CCc1c[nH]c2ccccc12)Cc1ccccc1)S(=O)(=O)c1ccc(F)cc1. The number of carbonyl (C=O) groups excluding carboxylic acids is 1. The topological polar surface area (TPSA) is 73.5 Å². The van der Waals surface area contributed by atoms with Gasteiger partial charge in [-0.3, -0.25) is 4.79 Å². The van der Waals surface area contributed by atoms with Crippen LogP contribution >= 0.6 is 0 Å². The molecule has 0 aliphatic heterocycles. The summed E-state index contributed by atoms with van der Waals surface area (Å²) >= 11 is 0. The molecule has 0 radical (unpaired) electrons. The monoisotopic (exact) mass is 507 g/mol. The molecule has 0 unspecified atom stereocenters. The molecule has 1 amide bonds. The third-order valence-electron chi connectivity index (χ3n) is 6.18. The summed E-state index contributed by atoms with van der Waals surface area (Å²) < 4.78 is 41.2. The largest absolute Gasteiger partial charge is 0.361 e. The summed E-state index contributed by atoms with van der Waals surface area (Å²) in [6.45, 7) is 3.93. The first kappa shape index (κ1) is 25.6. The van der Waals surface area contributed by atoms with Gasteiger partial charge in [0.1, 0.15) is 5.82 Å². The van der Waals surface area contributed by atoms with Crippen LogP contribution in [0.25, 0.3) is 10.9 Å². The summed E-state index contributed by atoms with van der Waals surface area (Å²) in [5, 5.41) is 1.10. The molecule has 8 heteroatoms. The first-order chi connectivity index (χ1) is 17.3. The lowest BCUT2D eigenvalue weighted by molar-refractivity contribution is -0.132. The van der Waals surface area contributed by atoms with E-state index in [0.29, 0.717) is 19.5 Å². The Hall–Kier alpha value is -3.49. The van der Waals surface area contributed by atoms with Gasteiger partial charge in [0.2, 0.25) is 15.9 Å². The number of nitrogens with zero attached hydrogens (tertiary/aromatic N) is 2. The molecule has 0 aliphatic carbocycles. The molecule has 0 atom stereocenters. The molecular formula is C28H30FN3O3S. The van der Waals surface area contributed by atoms with E-state index in [9.17, 15) is 17.6 Å². The molecule has 0 aliphatic rings. The second-order valence-electron chi connectivity index (χ2n) is 9.01. The molecule has 4 aromatic rings. The number of hydrogen-bond donors (Lipinski definition) is 1. The van der Waals surface area contributed by atoms with Gasteiger partial charge in [-0.15, -0.1) is 0 Å². The van der Waals surface area contributed by atoms with Crippen molar-refractivity contribution >= 4 is 26.8 Å². The maximum atomic E-state index is 13.6. The van der Waals surface area contributed by atoms with Crippen molar-refractivity contribution < 1.29 is 17.6 Å². The summed E-state index contributed by atoms with van der Waals surface area (Å²) in [5.74, 6) is -0.814. The summed E-state index contributed by atoms with van der Waals surface area (Å²) in [7, 11) is -3.99. The third kappa shape index (κ3) is 5.83. The molecule has 0 bridgehead atoms. The van der Waals surface area contributed by atoms with Gasteiger partial charge >= 0.3 is 0 Å². The summed E-state index contributed by atoms with van der Waals surface area (Å²) in [4.78, 5) is 18.5. The van der Waals surface area contributed by atoms with E-state index in [2.05, 4.69) is 4.98 Å². The van der Waals surface area contributed by atoms with Crippen LogP contribution in [-0.2, 0) is 27.8 Å². The summed E-state index contributed by atoms with van der Waals surface area (Å²) in [6, 6.07) is 21.8. The van der Waals surface area contributed by atoms with Gasteiger partial charge in [0, 0.05) is 36.2 Å². The van der Waals surface area contributed by atoms with E-state index in [1.54, 1.807) is 18.7 Å². The Bertz CT molecular complexity index is 1420. The fourth-order valence-electron chi connectivity index (χ4n) is 4.21. The van der Waals surface area contributed by atoms with Crippen LogP contribution in [0, 0.1) is 5.82 Å². The number of carbonyl (C=O) groups is 1. The van der Waals surface area contributed by atoms with Crippen molar-refractivity contribution in [3.8, 4) is 0 Å². The maximum absolute atomic E-state index is 13.6. The molecule has 6 nitrogen and oxygen atoms in total. The van der Waals surface area contributed by atoms with E-state index in [1.807, 2.05) is 60.8 Å². The first-order valence-corrected chi connectivity index (χ1v) is 13.3. The van der Waals surface area contributed by atoms with Gasteiger partial charge in [-0.25, -0.2) is 12.8 Å². The average Bonchev–Trinajstić information content (AvgIpc) is 3.28. The standard InChI is InChI=1S/C28H30FN3O3S/c1-21(2)32(36(34,35)25-14-12-24(29)13-15-25)20-28(33)31(19-22-8-4-3-5-9-22)17-16-23-18-30-27-11-7-6-10-26(23)27/h3-15,18,21,30H,16-17,19-20H2,1-2H3. The van der Waals surface area contributed by atoms with Crippen molar-refractivity contribution in [1.29, 1.82) is 0 Å². The minimum Gasteiger partial charge on any atom is -0.361 e. The van der Waals surface area contributed by atoms with E-state index in [-0.39, 0.29) is 17.3 Å². The highest BCUT2D eigenvalue weighted by Crippen LogP contribution is 2.21. The average molecular weight is 508 g/mol. The van der Waals surface area contributed by atoms with Gasteiger partial charge in [-0.2, -0.15) is 4.31 Å². The van der Waals surface area contributed by atoms with Gasteiger partial charge in [0.25, 0.3) is 0 Å². The van der Waals surface area contributed by atoms with Gasteiger partial charge < -0.3 is 9.88 Å². The van der Waals surface area contributed by atoms with Gasteiger partial charge in [-0.1, -0.05) is 48.5 Å². The molecule has 1 N–H and O–H groups in total. The Labute approximate surface area is 211 Å². The number of benzene rings is 3. The quantitative estimate of drug-likeness (QED) is 0.329. The number of rotatable bonds is 10. The van der Waals surface area contributed by atoms with E-state index in [1.165, 1.54) is 16.4 Å². The third-order valence-corrected chi connectivity index (χ3v) is 8.22. The smallest absolute Gasteiger partial charge is 0.243 e. The predicted molar refractivity (Wildman–Crippen MR) is 139 cm³/mol. The summed E-state index contributed by atoms with van der Waals surface area (Å²) in [5.41, 5.74) is 3.09. The Morgan fingerprint density at radius 1 is 0.944 bits per heavy atom. The number of fused-ring (bicyclic) bond motifs is 1. The molecule has 0 fully saturated rings. The molecule has 3 aromatic carbocycles. The van der Waals surface area contributed by atoms with Crippen LogP contribution in [0.3, 0.4) is 0 Å². The Kier molecular flexibility index (Phi) is 7.86. The van der Waals surface area contributed by atoms with Gasteiger partial charge in [0.15, 0.2) is 0 Å². The number of aromatic amines is 1. The van der Waals surface area contributed by atoms with E-state index in [0.717, 1.165) is 34.2 Å². The second kappa shape index (κ2) is 11.1. The highest BCUT2D eigenvalue weighted by Gasteiger charge is 2.30. The Balaban J connectivity index is 1.57. The molecule has 4 rings (SSSR count). The van der Waals surface area contributed by atoms with Crippen LogP contribution in [-0.4, -0.2) is 47.6 Å². The number of para-hydroxylation sites is 1. The Morgan fingerprint density at radius 2 is 1.61 bits per heavy atom. The predicted octanol–water partition coefficient (Wildman–Crippen LogP) is 4.98. The van der Waals surface area contributed by atoms with Crippen molar-refractivity contribution in [2.24, 2.45) is 0 Å². The fraction of sp³-hybridized carbons (Fsp3) is 0.250. The molecule has 36 heavy (non-hydrogen) atoms. The van der Waals surface area contributed by atoms with Crippen LogP contribution < -0.4 is 0 Å². The van der Waals surface area contributed by atoms with Crippen LogP contribution in [0.15, 0.2) is 90.0 Å². The highest BCUT2D eigenvalue weighted by atomic mass is 32.2. The zero-order chi connectivity index (χ0) is 25.7. The number of hydrogen-bond acceptors (Lipinski definition) is 3. The number of H-pyrrole nitrogens is 1. The van der Waals surface area contributed by atoms with E-state index >= 15 is 0 Å². The molecule has 0 saturated heterocycles. The number of aromatic nitrogens is 1. The van der Waals surface area contributed by atoms with Gasteiger partial charge in [-0.05, 0) is 61.7 Å². The lowest BCUT2D eigenvalue weighted by atomic mass is 10.1. The first-order valence-electron chi connectivity index (χ1n) is 11.9. The van der Waals surface area contributed by atoms with Crippen molar-refractivity contribution in [2.45, 2.75) is 37.8 Å². The minimum absolute atomic E-state index is 0.0428. The number of nitrogens with one attached hydrogen (secondary N) is 1. The molecule has 188 valence electrons. The normalized spacial score (nSPS) is 11.9. The number of halogens is 1. The zero-order valence-electron chi connectivity index (χ0n) is 20.4. The van der Waals surface area contributed by atoms with Crippen LogP contribution in [0.4, 0.5) is 4.39 Å². The van der Waals surface area contributed by atoms with Gasteiger partial charge in [0.05, 0.1) is 11.4 Å². The molecule has 0 spiro atoms. The Morgan fingerprint density at radius 3 is 2.31 bits per heavy atom. The van der Waals surface area contributed by atoms with Crippen LogP contribution in [0.1, 0.15) is 25.0 Å². The highest BCUT2D eigenvalue weighted by molar-refractivity contribution is 7.89. The molecule has 1 heterocycles. The molecular weight excluding hydrogens is 477 g/mol. The lowest BCUT2D eigenvalue weighted by Gasteiger charge is -2.29. The lowest BCUT2D eigenvalue weighted by Crippen LogP contribution is -2.46. The van der Waals surface area contributed by atoms with Crippen molar-refractivity contribution in [3.05, 3.63) is 102 Å². The summed E-state index contributed by atoms with van der Waals surface area (Å²) in [6.07, 6.45) is 2.57. The number of amides is 1. The van der Waals surface area contributed by atoms with Crippen molar-refractivity contribution in [3.63, 3.8) is 0 Å². The second-order valence-corrected chi connectivity index (χ2v) is 10.9. The number of sulfonamides is 1. The van der Waals surface area contributed by atoms with E-state index in [4.69, 9.17) is 0 Å².